The number of aliphatic hydroxyl groups is 2. The summed E-state index contributed by atoms with van der Waals surface area (Å²) in [5.41, 5.74) is -1.26. The van der Waals surface area contributed by atoms with Crippen LogP contribution in [-0.4, -0.2) is 57.1 Å². The van der Waals surface area contributed by atoms with Crippen LogP contribution in [0, 0.1) is 17.5 Å². The first-order valence-electron chi connectivity index (χ1n) is 9.34. The van der Waals surface area contributed by atoms with Gasteiger partial charge in [-0.05, 0) is 6.08 Å². The molecule has 3 heterocycles. The Labute approximate surface area is 173 Å². The largest absolute Gasteiger partial charge is 0.507 e. The molecule has 7 nitrogen and oxygen atoms in total. The predicted molar refractivity (Wildman–Crippen MR) is 97.9 cm³/mol. The Balaban J connectivity index is 1.60. The van der Waals surface area contributed by atoms with Gasteiger partial charge in [-0.25, -0.2) is 17.6 Å². The molecule has 3 aliphatic heterocycles. The first kappa shape index (κ1) is 20.9. The van der Waals surface area contributed by atoms with Gasteiger partial charge in [0.2, 0.25) is 0 Å². The molecule has 3 N–H and O–H groups in total. The quantitative estimate of drug-likeness (QED) is 0.622. The van der Waals surface area contributed by atoms with Crippen molar-refractivity contribution in [2.75, 3.05) is 13.1 Å². The van der Waals surface area contributed by atoms with Crippen LogP contribution >= 0.6 is 0 Å². The number of carbonyl (C=O) groups excluding carboxylic acids is 2. The number of fused-ring (bicyclic) bond motifs is 4. The highest BCUT2D eigenvalue weighted by molar-refractivity contribution is 5.99. The van der Waals surface area contributed by atoms with Crippen LogP contribution in [-0.2, 0) is 16.1 Å². The average molecular weight is 439 g/mol. The first-order chi connectivity index (χ1) is 14.7. The van der Waals surface area contributed by atoms with Crippen molar-refractivity contribution in [2.24, 2.45) is 0 Å². The molecule has 0 saturated carbocycles. The Bertz CT molecular complexity index is 1050. The maximum absolute atomic E-state index is 14.0. The average Bonchev–Trinajstić information content (AvgIpc) is 2.87. The van der Waals surface area contributed by atoms with E-state index in [0.717, 1.165) is 6.20 Å². The van der Waals surface area contributed by atoms with Crippen molar-refractivity contribution in [3.8, 4) is 0 Å². The van der Waals surface area contributed by atoms with Crippen molar-refractivity contribution < 1.29 is 37.4 Å². The molecule has 2 amide bonds. The second kappa shape index (κ2) is 7.73. The van der Waals surface area contributed by atoms with Crippen molar-refractivity contribution in [2.45, 2.75) is 25.1 Å². The molecule has 11 heteroatoms. The number of piperazine rings is 1. The molecular weight excluding hydrogens is 422 g/mol. The van der Waals surface area contributed by atoms with Gasteiger partial charge in [-0.3, -0.25) is 9.59 Å². The summed E-state index contributed by atoms with van der Waals surface area (Å²) in [4.78, 5) is 27.8. The molecule has 2 atom stereocenters. The Morgan fingerprint density at radius 2 is 1.87 bits per heavy atom. The predicted octanol–water partition coefficient (Wildman–Crippen LogP) is 1.52. The van der Waals surface area contributed by atoms with Crippen LogP contribution < -0.4 is 5.32 Å². The molecule has 0 aliphatic carbocycles. The normalized spacial score (nSPS) is 23.2. The van der Waals surface area contributed by atoms with E-state index in [1.807, 2.05) is 0 Å². The number of carbonyl (C=O) groups is 2. The van der Waals surface area contributed by atoms with E-state index < -0.39 is 70.7 Å². The van der Waals surface area contributed by atoms with Crippen molar-refractivity contribution in [1.29, 1.82) is 0 Å². The smallest absolute Gasteiger partial charge is 0.274 e. The summed E-state index contributed by atoms with van der Waals surface area (Å²) in [6.45, 7) is -0.521. The second-order valence-corrected chi connectivity index (χ2v) is 7.38. The van der Waals surface area contributed by atoms with Gasteiger partial charge >= 0.3 is 0 Å². The number of benzene rings is 1. The highest BCUT2D eigenvalue weighted by atomic mass is 19.1. The molecule has 2 bridgehead atoms. The van der Waals surface area contributed by atoms with Crippen LogP contribution in [0.25, 0.3) is 0 Å². The fourth-order valence-corrected chi connectivity index (χ4v) is 3.81. The summed E-state index contributed by atoms with van der Waals surface area (Å²) in [7, 11) is 0. The Morgan fingerprint density at radius 3 is 2.55 bits per heavy atom. The van der Waals surface area contributed by atoms with E-state index in [1.165, 1.54) is 15.9 Å². The monoisotopic (exact) mass is 439 g/mol. The van der Waals surface area contributed by atoms with Crippen molar-refractivity contribution in [1.82, 2.24) is 15.1 Å². The molecule has 2 unspecified atom stereocenters. The molecule has 164 valence electrons. The highest BCUT2D eigenvalue weighted by Crippen LogP contribution is 2.34. The van der Waals surface area contributed by atoms with E-state index in [0.29, 0.717) is 12.1 Å². The van der Waals surface area contributed by atoms with Crippen LogP contribution in [0.3, 0.4) is 0 Å². The van der Waals surface area contributed by atoms with Crippen LogP contribution in [0.2, 0.25) is 0 Å². The molecule has 3 aliphatic rings. The fourth-order valence-electron chi connectivity index (χ4n) is 3.81. The number of nitrogens with one attached hydrogen (secondary N) is 1. The third kappa shape index (κ3) is 3.65. The molecule has 0 radical (unpaired) electrons. The first-order valence-corrected chi connectivity index (χ1v) is 9.34. The molecule has 0 spiro atoms. The van der Waals surface area contributed by atoms with E-state index in [1.54, 1.807) is 0 Å². The third-order valence-corrected chi connectivity index (χ3v) is 5.40. The molecule has 1 saturated heterocycles. The van der Waals surface area contributed by atoms with E-state index in [-0.39, 0.29) is 25.2 Å². The number of halogens is 4. The van der Waals surface area contributed by atoms with Gasteiger partial charge in [-0.1, -0.05) is 0 Å². The summed E-state index contributed by atoms with van der Waals surface area (Å²) in [6.07, 6.45) is 0.393. The van der Waals surface area contributed by atoms with Gasteiger partial charge in [-0.2, -0.15) is 0 Å². The zero-order valence-electron chi connectivity index (χ0n) is 15.9. The van der Waals surface area contributed by atoms with Gasteiger partial charge in [0.1, 0.15) is 29.3 Å². The summed E-state index contributed by atoms with van der Waals surface area (Å²) >= 11 is 0. The second-order valence-electron chi connectivity index (χ2n) is 7.38. The molecule has 1 aromatic rings. The number of hydrogen-bond acceptors (Lipinski definition) is 5. The minimum absolute atomic E-state index is 0.00768. The fraction of sp³-hybridized carbons (Fsp3) is 0.300. The third-order valence-electron chi connectivity index (χ3n) is 5.40. The number of rotatable bonds is 3. The lowest BCUT2D eigenvalue weighted by atomic mass is 9.97. The maximum Gasteiger partial charge on any atom is 0.274 e. The molecule has 1 aromatic carbocycles. The molecule has 4 rings (SSSR count). The van der Waals surface area contributed by atoms with Gasteiger partial charge in [0.25, 0.3) is 11.8 Å². The van der Waals surface area contributed by atoms with Gasteiger partial charge in [0.05, 0.1) is 17.4 Å². The Hall–Kier alpha value is -3.34. The zero-order valence-corrected chi connectivity index (χ0v) is 15.9. The van der Waals surface area contributed by atoms with Crippen molar-refractivity contribution >= 4 is 11.8 Å². The van der Waals surface area contributed by atoms with Crippen LogP contribution in [0.4, 0.5) is 17.6 Å². The lowest BCUT2D eigenvalue weighted by Crippen LogP contribution is -2.55. The van der Waals surface area contributed by atoms with E-state index >= 15 is 0 Å². The number of nitrogens with zero attached hydrogens (tertiary/aromatic N) is 2. The minimum atomic E-state index is -1.88. The number of hydrogen-bond donors (Lipinski definition) is 3. The van der Waals surface area contributed by atoms with Gasteiger partial charge in [0.15, 0.2) is 5.76 Å². The van der Waals surface area contributed by atoms with E-state index in [4.69, 9.17) is 0 Å². The topological polar surface area (TPSA) is 93.1 Å². The zero-order chi connectivity index (χ0) is 22.4. The summed E-state index contributed by atoms with van der Waals surface area (Å²) in [5.74, 6) is -6.40. The lowest BCUT2D eigenvalue weighted by molar-refractivity contribution is -0.132. The maximum atomic E-state index is 14.0. The molecule has 31 heavy (non-hydrogen) atoms. The van der Waals surface area contributed by atoms with Gasteiger partial charge in [-0.15, -0.1) is 0 Å². The molecular formula is C20H17F4N3O4. The van der Waals surface area contributed by atoms with E-state index in [9.17, 15) is 37.4 Å². The SMILES string of the molecule is O=C(NCc1c(F)cc(F)cc1F)C1=CN2C(=C(O)C1O)C(=O)N1CC=C(F)CC2C1. The number of aliphatic hydroxyl groups excluding tert-OH is 2. The summed E-state index contributed by atoms with van der Waals surface area (Å²) in [5, 5.41) is 23.0. The van der Waals surface area contributed by atoms with Gasteiger partial charge < -0.3 is 25.3 Å². The van der Waals surface area contributed by atoms with Crippen LogP contribution in [0.1, 0.15) is 12.0 Å². The highest BCUT2D eigenvalue weighted by Gasteiger charge is 2.44. The summed E-state index contributed by atoms with van der Waals surface area (Å²) in [6, 6.07) is 0.287. The standard InChI is InChI=1S/C20H17F4N3O4/c21-9-1-2-26-7-11(3-9)27-8-13(17(28)18(29)16(27)20(26)31)19(30)25-6-12-14(23)4-10(22)5-15(12)24/h1,4-5,8,11,17,28-29H,2-3,6-7H2,(H,25,30). The lowest BCUT2D eigenvalue weighted by Gasteiger charge is -2.43. The summed E-state index contributed by atoms with van der Waals surface area (Å²) < 4.78 is 54.6. The van der Waals surface area contributed by atoms with Crippen molar-refractivity contribution in [3.05, 3.63) is 70.3 Å². The molecule has 0 aromatic heterocycles. The minimum Gasteiger partial charge on any atom is -0.507 e. The Kier molecular flexibility index (Phi) is 5.21. The van der Waals surface area contributed by atoms with E-state index in [2.05, 4.69) is 5.32 Å². The van der Waals surface area contributed by atoms with Crippen LogP contribution in [0.5, 0.6) is 0 Å². The van der Waals surface area contributed by atoms with Crippen LogP contribution in [0.15, 0.2) is 47.3 Å². The van der Waals surface area contributed by atoms with Crippen molar-refractivity contribution in [3.63, 3.8) is 0 Å². The Morgan fingerprint density at radius 1 is 1.19 bits per heavy atom. The van der Waals surface area contributed by atoms with Gasteiger partial charge in [0, 0.05) is 50.0 Å². The number of amides is 2. The molecule has 1 fully saturated rings.